The number of hydrogen-bond acceptors (Lipinski definition) is 4. The van der Waals surface area contributed by atoms with Crippen molar-refractivity contribution in [2.75, 3.05) is 17.1 Å². The molecule has 0 heterocycles. The van der Waals surface area contributed by atoms with Crippen molar-refractivity contribution < 1.29 is 26.8 Å². The second kappa shape index (κ2) is 14.4. The van der Waals surface area contributed by atoms with Gasteiger partial charge in [0.15, 0.2) is 11.6 Å². The van der Waals surface area contributed by atoms with Crippen LogP contribution in [-0.2, 0) is 32.6 Å². The molecule has 0 spiro atoms. The molecule has 0 fully saturated rings. The SMILES string of the molecule is CC(C)NC(=O)[C@@H](Cc1ccccc1)N(Cc1ccc(Cl)cc1)C(=O)CCCN(c1ccc(F)c(F)c1)S(C)(=O)=O. The first-order valence-corrected chi connectivity index (χ1v) is 15.4. The van der Waals surface area contributed by atoms with Crippen LogP contribution in [0.2, 0.25) is 5.02 Å². The molecule has 1 N–H and O–H groups in total. The summed E-state index contributed by atoms with van der Waals surface area (Å²) in [5.41, 5.74) is 1.58. The summed E-state index contributed by atoms with van der Waals surface area (Å²) in [6, 6.07) is 18.1. The zero-order valence-electron chi connectivity index (χ0n) is 23.2. The first kappa shape index (κ1) is 32.0. The van der Waals surface area contributed by atoms with Crippen molar-refractivity contribution in [1.82, 2.24) is 10.2 Å². The highest BCUT2D eigenvalue weighted by molar-refractivity contribution is 7.92. The van der Waals surface area contributed by atoms with Crippen LogP contribution < -0.4 is 9.62 Å². The number of benzene rings is 3. The molecule has 0 unspecified atom stereocenters. The van der Waals surface area contributed by atoms with Crippen molar-refractivity contribution in [1.29, 1.82) is 0 Å². The minimum atomic E-state index is -3.86. The van der Waals surface area contributed by atoms with E-state index in [0.717, 1.165) is 33.8 Å². The van der Waals surface area contributed by atoms with Crippen molar-refractivity contribution in [3.8, 4) is 0 Å². The third kappa shape index (κ3) is 9.54. The van der Waals surface area contributed by atoms with Crippen molar-refractivity contribution in [3.05, 3.63) is 101 Å². The van der Waals surface area contributed by atoms with Crippen LogP contribution in [0.4, 0.5) is 14.5 Å². The average molecular weight is 606 g/mol. The fourth-order valence-corrected chi connectivity index (χ4v) is 5.45. The van der Waals surface area contributed by atoms with Gasteiger partial charge >= 0.3 is 0 Å². The second-order valence-electron chi connectivity index (χ2n) is 10.1. The first-order valence-electron chi connectivity index (χ1n) is 13.2. The third-order valence-electron chi connectivity index (χ3n) is 6.31. The summed E-state index contributed by atoms with van der Waals surface area (Å²) in [4.78, 5) is 28.7. The van der Waals surface area contributed by atoms with Gasteiger partial charge in [0.1, 0.15) is 6.04 Å². The van der Waals surface area contributed by atoms with Crippen LogP contribution in [0, 0.1) is 11.6 Å². The Bertz CT molecular complexity index is 1440. The Balaban J connectivity index is 1.88. The van der Waals surface area contributed by atoms with E-state index >= 15 is 0 Å². The Kier molecular flexibility index (Phi) is 11.3. The highest BCUT2D eigenvalue weighted by Gasteiger charge is 2.31. The summed E-state index contributed by atoms with van der Waals surface area (Å²) in [7, 11) is -3.86. The van der Waals surface area contributed by atoms with Gasteiger partial charge in [-0.1, -0.05) is 54.1 Å². The maximum Gasteiger partial charge on any atom is 0.243 e. The van der Waals surface area contributed by atoms with Crippen molar-refractivity contribution in [3.63, 3.8) is 0 Å². The fraction of sp³-hybridized carbons (Fsp3) is 0.333. The molecular weight excluding hydrogens is 572 g/mol. The molecule has 0 bridgehead atoms. The lowest BCUT2D eigenvalue weighted by Crippen LogP contribution is -2.51. The number of carbonyl (C=O) groups excluding carboxylic acids is 2. The molecule has 0 aliphatic carbocycles. The lowest BCUT2D eigenvalue weighted by Gasteiger charge is -2.32. The Morgan fingerprint density at radius 2 is 1.59 bits per heavy atom. The number of halogens is 3. The zero-order valence-corrected chi connectivity index (χ0v) is 24.8. The molecule has 41 heavy (non-hydrogen) atoms. The van der Waals surface area contributed by atoms with Crippen LogP contribution in [-0.4, -0.2) is 50.0 Å². The largest absolute Gasteiger partial charge is 0.352 e. The van der Waals surface area contributed by atoms with Crippen molar-refractivity contribution in [2.24, 2.45) is 0 Å². The summed E-state index contributed by atoms with van der Waals surface area (Å²) in [5, 5.41) is 3.44. The summed E-state index contributed by atoms with van der Waals surface area (Å²) in [5.74, 6) is -2.95. The minimum absolute atomic E-state index is 0.0462. The molecule has 1 atom stereocenters. The summed E-state index contributed by atoms with van der Waals surface area (Å²) in [6.07, 6.45) is 1.20. The Morgan fingerprint density at radius 3 is 2.17 bits per heavy atom. The topological polar surface area (TPSA) is 86.8 Å². The van der Waals surface area contributed by atoms with Gasteiger partial charge in [-0.3, -0.25) is 13.9 Å². The van der Waals surface area contributed by atoms with E-state index in [1.807, 2.05) is 44.2 Å². The van der Waals surface area contributed by atoms with Crippen molar-refractivity contribution >= 4 is 39.1 Å². The summed E-state index contributed by atoms with van der Waals surface area (Å²) < 4.78 is 53.1. The molecule has 11 heteroatoms. The van der Waals surface area contributed by atoms with Crippen LogP contribution in [0.5, 0.6) is 0 Å². The molecule has 0 aromatic heterocycles. The normalized spacial score (nSPS) is 12.2. The highest BCUT2D eigenvalue weighted by Crippen LogP contribution is 2.22. The number of carbonyl (C=O) groups is 2. The first-order chi connectivity index (χ1) is 19.3. The molecule has 3 aromatic carbocycles. The number of amides is 2. The lowest BCUT2D eigenvalue weighted by atomic mass is 10.0. The van der Waals surface area contributed by atoms with Gasteiger partial charge in [0.05, 0.1) is 11.9 Å². The van der Waals surface area contributed by atoms with Crippen LogP contribution in [0.25, 0.3) is 0 Å². The van der Waals surface area contributed by atoms with E-state index in [4.69, 9.17) is 11.6 Å². The van der Waals surface area contributed by atoms with Crippen LogP contribution in [0.15, 0.2) is 72.8 Å². The predicted octanol–water partition coefficient (Wildman–Crippen LogP) is 5.33. The Hall–Kier alpha value is -3.50. The van der Waals surface area contributed by atoms with E-state index in [0.29, 0.717) is 5.02 Å². The maximum atomic E-state index is 13.8. The molecule has 7 nitrogen and oxygen atoms in total. The molecule has 0 aliphatic rings. The number of sulfonamides is 1. The quantitative estimate of drug-likeness (QED) is 0.285. The number of rotatable bonds is 13. The predicted molar refractivity (Wildman–Crippen MR) is 157 cm³/mol. The molecule has 3 rings (SSSR count). The van der Waals surface area contributed by atoms with Gasteiger partial charge in [-0.25, -0.2) is 17.2 Å². The smallest absolute Gasteiger partial charge is 0.243 e. The number of anilines is 1. The molecule has 3 aromatic rings. The molecular formula is C30H34ClF2N3O4S. The Morgan fingerprint density at radius 1 is 0.927 bits per heavy atom. The van der Waals surface area contributed by atoms with Gasteiger partial charge in [0.25, 0.3) is 0 Å². The number of nitrogens with one attached hydrogen (secondary N) is 1. The van der Waals surface area contributed by atoms with E-state index in [1.165, 1.54) is 11.0 Å². The van der Waals surface area contributed by atoms with E-state index in [9.17, 15) is 26.8 Å². The van der Waals surface area contributed by atoms with Crippen molar-refractivity contribution in [2.45, 2.75) is 51.7 Å². The fourth-order valence-electron chi connectivity index (χ4n) is 4.37. The van der Waals surface area contributed by atoms with Gasteiger partial charge in [0.2, 0.25) is 21.8 Å². The second-order valence-corrected chi connectivity index (χ2v) is 12.4. The maximum absolute atomic E-state index is 13.8. The van der Waals surface area contributed by atoms with Gasteiger partial charge in [-0.05, 0) is 55.7 Å². The monoisotopic (exact) mass is 605 g/mol. The molecule has 0 saturated heterocycles. The van der Waals surface area contributed by atoms with E-state index in [1.54, 1.807) is 24.3 Å². The average Bonchev–Trinajstić information content (AvgIpc) is 2.90. The van der Waals surface area contributed by atoms with Crippen LogP contribution in [0.1, 0.15) is 37.8 Å². The number of hydrogen-bond donors (Lipinski definition) is 1. The molecule has 220 valence electrons. The number of nitrogens with zero attached hydrogens (tertiary/aromatic N) is 2. The highest BCUT2D eigenvalue weighted by atomic mass is 35.5. The van der Waals surface area contributed by atoms with Gasteiger partial charge < -0.3 is 10.2 Å². The standard InChI is InChI=1S/C30H34ClF2N3O4S/c1-21(2)34-30(38)28(18-22-8-5-4-6-9-22)35(20-23-11-13-24(31)14-12-23)29(37)10-7-17-36(41(3,39)40)25-15-16-26(32)27(33)19-25/h4-6,8-9,11-16,19,21,28H,7,10,17-18,20H2,1-3H3,(H,34,38)/t28-/m1/s1. The van der Waals surface area contributed by atoms with Gasteiger partial charge in [-0.15, -0.1) is 0 Å². The van der Waals surface area contributed by atoms with E-state index < -0.39 is 27.7 Å². The van der Waals surface area contributed by atoms with Gasteiger partial charge in [0, 0.05) is 43.1 Å². The van der Waals surface area contributed by atoms with Crippen LogP contribution >= 0.6 is 11.6 Å². The molecule has 2 amide bonds. The summed E-state index contributed by atoms with van der Waals surface area (Å²) in [6.45, 7) is 3.64. The van der Waals surface area contributed by atoms with Gasteiger partial charge in [-0.2, -0.15) is 0 Å². The van der Waals surface area contributed by atoms with E-state index in [2.05, 4.69) is 5.32 Å². The third-order valence-corrected chi connectivity index (χ3v) is 7.76. The molecule has 0 radical (unpaired) electrons. The minimum Gasteiger partial charge on any atom is -0.352 e. The molecule has 0 saturated carbocycles. The molecule has 0 aliphatic heterocycles. The lowest BCUT2D eigenvalue weighted by molar-refractivity contribution is -0.141. The van der Waals surface area contributed by atoms with Crippen LogP contribution in [0.3, 0.4) is 0 Å². The zero-order chi connectivity index (χ0) is 30.2. The Labute approximate surface area is 245 Å². The summed E-state index contributed by atoms with van der Waals surface area (Å²) >= 11 is 6.05. The van der Waals surface area contributed by atoms with E-state index in [-0.39, 0.29) is 55.9 Å².